The Balaban J connectivity index is 2.08. The third-order valence-corrected chi connectivity index (χ3v) is 5.05. The minimum atomic E-state index is -3.62. The molecule has 2 aromatic heterocycles. The van der Waals surface area contributed by atoms with E-state index in [1.165, 1.54) is 23.8 Å². The molecule has 3 aromatic rings. The van der Waals surface area contributed by atoms with Gasteiger partial charge in [-0.25, -0.2) is 28.4 Å². The molecule has 1 aromatic carbocycles. The number of aromatic hydroxyl groups is 1. The number of hydrogen-bond acceptors (Lipinski definition) is 9. The fourth-order valence-electron chi connectivity index (χ4n) is 3.18. The number of fused-ring (bicyclic) bond motifs is 1. The Kier molecular flexibility index (Phi) is 5.65. The van der Waals surface area contributed by atoms with Crippen molar-refractivity contribution in [2.24, 2.45) is 4.99 Å². The maximum absolute atomic E-state index is 11.8. The topological polar surface area (TPSA) is 141 Å². The molecule has 0 spiro atoms. The van der Waals surface area contributed by atoms with Crippen LogP contribution in [-0.4, -0.2) is 58.9 Å². The van der Waals surface area contributed by atoms with Gasteiger partial charge < -0.3 is 14.6 Å². The number of nitrogens with zero attached hydrogens (tertiary/aromatic N) is 5. The van der Waals surface area contributed by atoms with E-state index in [-0.39, 0.29) is 40.1 Å². The minimum absolute atomic E-state index is 0.0265. The van der Waals surface area contributed by atoms with Crippen molar-refractivity contribution in [2.45, 2.75) is 13.8 Å². The first-order chi connectivity index (χ1) is 15.7. The van der Waals surface area contributed by atoms with Crippen LogP contribution in [0, 0.1) is 6.92 Å². The number of methoxy groups -OCH3 is 1. The number of benzene rings is 1. The van der Waals surface area contributed by atoms with Crippen molar-refractivity contribution in [1.82, 2.24) is 19.5 Å². The predicted octanol–water partition coefficient (Wildman–Crippen LogP) is 2.31. The first-order valence-electron chi connectivity index (χ1n) is 9.76. The highest BCUT2D eigenvalue weighted by Gasteiger charge is 2.25. The van der Waals surface area contributed by atoms with Gasteiger partial charge >= 0.3 is 0 Å². The Bertz CT molecular complexity index is 1510. The van der Waals surface area contributed by atoms with E-state index >= 15 is 0 Å². The molecule has 2 N–H and O–H groups in total. The number of ether oxygens (including phenoxy) is 2. The molecule has 0 aliphatic carbocycles. The largest absolute Gasteiger partial charge is 0.506 e. The second-order valence-corrected chi connectivity index (χ2v) is 8.67. The number of aryl methyl sites for hydroxylation is 1. The van der Waals surface area contributed by atoms with Crippen LogP contribution in [0.3, 0.4) is 0 Å². The summed E-state index contributed by atoms with van der Waals surface area (Å²) >= 11 is 0. The molecule has 33 heavy (non-hydrogen) atoms. The smallest absolute Gasteiger partial charge is 0.231 e. The number of phenols is 1. The molecule has 0 saturated heterocycles. The normalized spacial score (nSPS) is 13.1. The Hall–Kier alpha value is -4.11. The number of imidazole rings is 1. The summed E-state index contributed by atoms with van der Waals surface area (Å²) in [6, 6.07) is 4.75. The first kappa shape index (κ1) is 22.1. The lowest BCUT2D eigenvalue weighted by molar-refractivity contribution is 0.330. The van der Waals surface area contributed by atoms with Gasteiger partial charge in [0.2, 0.25) is 15.9 Å². The molecule has 4 rings (SSSR count). The zero-order valence-electron chi connectivity index (χ0n) is 18.2. The lowest BCUT2D eigenvalue weighted by atomic mass is 10.2. The van der Waals surface area contributed by atoms with Crippen molar-refractivity contribution in [1.29, 1.82) is 0 Å². The van der Waals surface area contributed by atoms with E-state index in [9.17, 15) is 13.5 Å². The van der Waals surface area contributed by atoms with Crippen LogP contribution < -0.4 is 9.46 Å². The lowest BCUT2D eigenvalue weighted by Crippen LogP contribution is -2.13. The summed E-state index contributed by atoms with van der Waals surface area (Å²) in [5.41, 5.74) is 6.89. The average Bonchev–Trinajstić information content (AvgIpc) is 3.11. The van der Waals surface area contributed by atoms with Crippen LogP contribution in [-0.2, 0) is 14.8 Å². The molecule has 11 nitrogen and oxygen atoms in total. The second kappa shape index (κ2) is 8.44. The molecule has 3 heterocycles. The summed E-state index contributed by atoms with van der Waals surface area (Å²) in [6.45, 7) is 3.83. The van der Waals surface area contributed by atoms with Gasteiger partial charge in [0.25, 0.3) is 0 Å². The number of rotatable bonds is 6. The number of aliphatic imine (C=N–C) groups is 1. The van der Waals surface area contributed by atoms with Gasteiger partial charge in [-0.05, 0) is 31.7 Å². The molecule has 170 valence electrons. The highest BCUT2D eigenvalue weighted by atomic mass is 32.2. The van der Waals surface area contributed by atoms with Crippen LogP contribution in [0.4, 0.5) is 5.82 Å². The summed E-state index contributed by atoms with van der Waals surface area (Å²) in [6.07, 6.45) is 2.55. The number of phenolic OH excluding ortho intramolecular Hbond substituents is 1. The van der Waals surface area contributed by atoms with Gasteiger partial charge in [-0.2, -0.15) is 0 Å². The van der Waals surface area contributed by atoms with Gasteiger partial charge in [-0.1, -0.05) is 11.8 Å². The van der Waals surface area contributed by atoms with Crippen LogP contribution in [0.2, 0.25) is 0 Å². The number of anilines is 1. The summed E-state index contributed by atoms with van der Waals surface area (Å²) < 4.78 is 38.4. The zero-order chi connectivity index (χ0) is 23.8. The summed E-state index contributed by atoms with van der Waals surface area (Å²) in [5.74, 6) is 0.753. The average molecular weight is 468 g/mol. The molecule has 1 aliphatic heterocycles. The zero-order valence-corrected chi connectivity index (χ0v) is 19.1. The van der Waals surface area contributed by atoms with Crippen LogP contribution in [0.25, 0.3) is 22.7 Å². The third-order valence-electron chi connectivity index (χ3n) is 4.48. The van der Waals surface area contributed by atoms with Gasteiger partial charge in [-0.15, -0.1) is 0 Å². The number of aromatic nitrogens is 4. The maximum atomic E-state index is 11.8. The van der Waals surface area contributed by atoms with Crippen molar-refractivity contribution >= 4 is 38.7 Å². The van der Waals surface area contributed by atoms with Crippen LogP contribution in [0.15, 0.2) is 40.7 Å². The monoisotopic (exact) mass is 468 g/mol. The first-order valence-corrected chi connectivity index (χ1v) is 11.7. The molecular formula is C21H20N6O5S. The van der Waals surface area contributed by atoms with E-state index in [4.69, 9.17) is 9.47 Å². The second-order valence-electron chi connectivity index (χ2n) is 6.92. The van der Waals surface area contributed by atoms with Crippen molar-refractivity contribution < 1.29 is 23.0 Å². The summed E-state index contributed by atoms with van der Waals surface area (Å²) in [4.78, 5) is 17.8. The minimum Gasteiger partial charge on any atom is -0.506 e. The van der Waals surface area contributed by atoms with Gasteiger partial charge in [0.05, 0.1) is 31.7 Å². The molecule has 0 bridgehead atoms. The molecule has 0 unspecified atom stereocenters. The molecule has 0 radical (unpaired) electrons. The number of sulfonamides is 1. The van der Waals surface area contributed by atoms with E-state index in [0.717, 1.165) is 6.26 Å². The Morgan fingerprint density at radius 2 is 2.03 bits per heavy atom. The summed E-state index contributed by atoms with van der Waals surface area (Å²) in [5, 5.41) is 10.7. The van der Waals surface area contributed by atoms with Crippen molar-refractivity contribution in [3.8, 4) is 17.2 Å². The maximum Gasteiger partial charge on any atom is 0.231 e. The Morgan fingerprint density at radius 1 is 1.24 bits per heavy atom. The van der Waals surface area contributed by atoms with Gasteiger partial charge in [0, 0.05) is 0 Å². The molecule has 0 saturated carbocycles. The van der Waals surface area contributed by atoms with E-state index in [2.05, 4.69) is 36.1 Å². The highest BCUT2D eigenvalue weighted by Crippen LogP contribution is 2.37. The van der Waals surface area contributed by atoms with Gasteiger partial charge in [0.15, 0.2) is 28.6 Å². The standard InChI is InChI=1S/C21H20N6O5S/c1-5-32-16-11-6-8-13(23-16)20-25-19-21(24-18(12(2)22-19)26-33(4,29)30)27(20)17-14(28)9-7-10-15(17)31-3/h7,9-11,28H,5H2,1-4H3,(H,24,26). The van der Waals surface area contributed by atoms with E-state index < -0.39 is 10.0 Å². The number of para-hydroxylation sites is 1. The lowest BCUT2D eigenvalue weighted by Gasteiger charge is -2.15. The predicted molar refractivity (Wildman–Crippen MR) is 122 cm³/mol. The van der Waals surface area contributed by atoms with Crippen molar-refractivity contribution in [3.63, 3.8) is 0 Å². The highest BCUT2D eigenvalue weighted by molar-refractivity contribution is 7.92. The molecule has 12 heteroatoms. The fraction of sp³-hybridized carbons (Fsp3) is 0.238. The molecular weight excluding hydrogens is 448 g/mol. The third kappa shape index (κ3) is 4.31. The van der Waals surface area contributed by atoms with Crippen LogP contribution in [0.1, 0.15) is 18.4 Å². The van der Waals surface area contributed by atoms with Crippen LogP contribution >= 0.6 is 0 Å². The van der Waals surface area contributed by atoms with Crippen molar-refractivity contribution in [2.75, 3.05) is 24.7 Å². The van der Waals surface area contributed by atoms with E-state index in [1.54, 1.807) is 19.1 Å². The SMILES string of the molecule is CCOC1=NC(c2nc3nc(C)c(NS(C)(=O)=O)nc3n2-c2c(O)cccc2OC)=C=C=C1. The number of nitrogens with one attached hydrogen (secondary N) is 1. The molecule has 1 aliphatic rings. The fourth-order valence-corrected chi connectivity index (χ4v) is 3.73. The van der Waals surface area contributed by atoms with Gasteiger partial charge in [-0.3, -0.25) is 9.29 Å². The molecule has 0 fully saturated rings. The number of hydrogen-bond donors (Lipinski definition) is 2. The van der Waals surface area contributed by atoms with E-state index in [1.807, 2.05) is 6.92 Å². The summed E-state index contributed by atoms with van der Waals surface area (Å²) in [7, 11) is -2.16. The Labute approximate surface area is 189 Å². The van der Waals surface area contributed by atoms with E-state index in [0.29, 0.717) is 23.9 Å². The van der Waals surface area contributed by atoms with Crippen LogP contribution in [0.5, 0.6) is 11.5 Å². The van der Waals surface area contributed by atoms with Crippen molar-refractivity contribution in [3.05, 3.63) is 47.3 Å². The van der Waals surface area contributed by atoms with Gasteiger partial charge in [0.1, 0.15) is 17.2 Å². The quantitative estimate of drug-likeness (QED) is 0.525. The Morgan fingerprint density at radius 3 is 2.73 bits per heavy atom. The molecule has 0 atom stereocenters. The molecule has 0 amide bonds.